The number of aryl methyl sites for hydroxylation is 2. The Morgan fingerprint density at radius 1 is 1.25 bits per heavy atom. The summed E-state index contributed by atoms with van der Waals surface area (Å²) < 4.78 is 27.8. The Balaban J connectivity index is 1.91. The molecule has 0 atom stereocenters. The van der Waals surface area contributed by atoms with Gasteiger partial charge >= 0.3 is 0 Å². The summed E-state index contributed by atoms with van der Waals surface area (Å²) in [6, 6.07) is 0. The minimum absolute atomic E-state index is 0.354. The predicted molar refractivity (Wildman–Crippen MR) is 71.5 cm³/mol. The number of aromatic nitrogens is 4. The van der Waals surface area contributed by atoms with Gasteiger partial charge in [0.1, 0.15) is 6.54 Å². The van der Waals surface area contributed by atoms with Crippen LogP contribution >= 0.6 is 0 Å². The lowest BCUT2D eigenvalue weighted by molar-refractivity contribution is 0.121. The summed E-state index contributed by atoms with van der Waals surface area (Å²) >= 11 is 0. The van der Waals surface area contributed by atoms with E-state index < -0.39 is 6.43 Å². The average Bonchev–Trinajstić information content (AvgIpc) is 2.85. The van der Waals surface area contributed by atoms with Gasteiger partial charge in [-0.1, -0.05) is 0 Å². The number of hydrogen-bond acceptors (Lipinski definition) is 3. The van der Waals surface area contributed by atoms with Gasteiger partial charge in [0.05, 0.1) is 11.9 Å². The van der Waals surface area contributed by atoms with E-state index in [1.807, 2.05) is 27.1 Å². The van der Waals surface area contributed by atoms with Gasteiger partial charge in [-0.2, -0.15) is 10.2 Å². The second-order valence-electron chi connectivity index (χ2n) is 4.85. The number of hydrogen-bond donors (Lipinski definition) is 1. The topological polar surface area (TPSA) is 47.7 Å². The van der Waals surface area contributed by atoms with E-state index in [2.05, 4.69) is 15.5 Å². The van der Waals surface area contributed by atoms with Gasteiger partial charge in [0.25, 0.3) is 6.43 Å². The molecule has 0 aliphatic carbocycles. The van der Waals surface area contributed by atoms with Gasteiger partial charge in [-0.15, -0.1) is 0 Å². The van der Waals surface area contributed by atoms with Gasteiger partial charge in [0.2, 0.25) is 0 Å². The second-order valence-corrected chi connectivity index (χ2v) is 4.85. The van der Waals surface area contributed by atoms with Crippen LogP contribution in [0.15, 0.2) is 12.4 Å². The van der Waals surface area contributed by atoms with Gasteiger partial charge in [0.15, 0.2) is 0 Å². The number of nitrogens with one attached hydrogen (secondary N) is 1. The quantitative estimate of drug-likeness (QED) is 0.879. The van der Waals surface area contributed by atoms with Crippen LogP contribution in [0.3, 0.4) is 0 Å². The Labute approximate surface area is 116 Å². The molecule has 0 aliphatic rings. The molecule has 0 aromatic carbocycles. The number of alkyl halides is 2. The largest absolute Gasteiger partial charge is 0.308 e. The molecule has 2 heterocycles. The van der Waals surface area contributed by atoms with E-state index in [0.29, 0.717) is 13.1 Å². The third kappa shape index (κ3) is 3.41. The lowest BCUT2D eigenvalue weighted by Crippen LogP contribution is -2.14. The maximum Gasteiger partial charge on any atom is 0.257 e. The van der Waals surface area contributed by atoms with Gasteiger partial charge in [-0.05, 0) is 13.8 Å². The average molecular weight is 283 g/mol. The third-order valence-electron chi connectivity index (χ3n) is 3.26. The SMILES string of the molecule is Cc1nn(C)cc1CNCc1cnn(CC(F)F)c1C. The van der Waals surface area contributed by atoms with E-state index in [-0.39, 0.29) is 6.54 Å². The van der Waals surface area contributed by atoms with E-state index in [0.717, 1.165) is 22.5 Å². The van der Waals surface area contributed by atoms with Crippen LogP contribution in [0.25, 0.3) is 0 Å². The first kappa shape index (κ1) is 14.6. The molecule has 0 saturated heterocycles. The van der Waals surface area contributed by atoms with Crippen molar-refractivity contribution in [1.29, 1.82) is 0 Å². The van der Waals surface area contributed by atoms with Crippen LogP contribution in [0.5, 0.6) is 0 Å². The molecule has 0 spiro atoms. The molecule has 7 heteroatoms. The minimum atomic E-state index is -2.38. The van der Waals surface area contributed by atoms with Crippen LogP contribution in [-0.2, 0) is 26.7 Å². The molecule has 2 aromatic heterocycles. The Morgan fingerprint density at radius 3 is 2.55 bits per heavy atom. The summed E-state index contributed by atoms with van der Waals surface area (Å²) in [5.74, 6) is 0. The standard InChI is InChI=1S/C13H19F2N5/c1-9-12(7-19(3)18-9)5-16-4-11-6-17-20(10(11)2)8-13(14)15/h6-7,13,16H,4-5,8H2,1-3H3. The van der Waals surface area contributed by atoms with Crippen molar-refractivity contribution in [2.45, 2.75) is 39.9 Å². The molecule has 0 radical (unpaired) electrons. The molecule has 0 fully saturated rings. The lowest BCUT2D eigenvalue weighted by Gasteiger charge is -2.06. The zero-order chi connectivity index (χ0) is 14.7. The summed E-state index contributed by atoms with van der Waals surface area (Å²) in [5.41, 5.74) is 3.84. The highest BCUT2D eigenvalue weighted by Crippen LogP contribution is 2.10. The maximum atomic E-state index is 12.3. The predicted octanol–water partition coefficient (Wildman–Crippen LogP) is 1.79. The Morgan fingerprint density at radius 2 is 1.95 bits per heavy atom. The molecule has 2 aromatic rings. The molecule has 20 heavy (non-hydrogen) atoms. The molecular weight excluding hydrogens is 264 g/mol. The number of rotatable bonds is 6. The first-order chi connectivity index (χ1) is 9.47. The van der Waals surface area contributed by atoms with E-state index in [9.17, 15) is 8.78 Å². The van der Waals surface area contributed by atoms with E-state index >= 15 is 0 Å². The highest BCUT2D eigenvalue weighted by Gasteiger charge is 2.11. The normalized spacial score (nSPS) is 11.5. The zero-order valence-electron chi connectivity index (χ0n) is 11.9. The van der Waals surface area contributed by atoms with Crippen molar-refractivity contribution in [1.82, 2.24) is 24.9 Å². The van der Waals surface area contributed by atoms with Gasteiger partial charge in [-0.3, -0.25) is 9.36 Å². The number of nitrogens with zero attached hydrogens (tertiary/aromatic N) is 4. The monoisotopic (exact) mass is 283 g/mol. The van der Waals surface area contributed by atoms with Crippen molar-refractivity contribution >= 4 is 0 Å². The van der Waals surface area contributed by atoms with Gasteiger partial charge in [-0.25, -0.2) is 8.78 Å². The smallest absolute Gasteiger partial charge is 0.257 e. The highest BCUT2D eigenvalue weighted by atomic mass is 19.3. The van der Waals surface area contributed by atoms with E-state index in [1.165, 1.54) is 4.68 Å². The van der Waals surface area contributed by atoms with Crippen molar-refractivity contribution in [2.75, 3.05) is 0 Å². The molecule has 0 bridgehead atoms. The summed E-state index contributed by atoms with van der Waals surface area (Å²) in [4.78, 5) is 0. The van der Waals surface area contributed by atoms with E-state index in [4.69, 9.17) is 0 Å². The highest BCUT2D eigenvalue weighted by molar-refractivity contribution is 5.18. The Hall–Kier alpha value is -1.76. The molecule has 0 aliphatic heterocycles. The summed E-state index contributed by atoms with van der Waals surface area (Å²) in [6.45, 7) is 4.71. The van der Waals surface area contributed by atoms with Crippen molar-refractivity contribution in [3.63, 3.8) is 0 Å². The molecule has 110 valence electrons. The number of halogens is 2. The fourth-order valence-electron chi connectivity index (χ4n) is 2.13. The van der Waals surface area contributed by atoms with Crippen LogP contribution in [0.4, 0.5) is 8.78 Å². The molecule has 1 N–H and O–H groups in total. The third-order valence-corrected chi connectivity index (χ3v) is 3.26. The van der Waals surface area contributed by atoms with Crippen LogP contribution in [0.2, 0.25) is 0 Å². The zero-order valence-corrected chi connectivity index (χ0v) is 11.9. The summed E-state index contributed by atoms with van der Waals surface area (Å²) in [6.07, 6.45) is 1.23. The van der Waals surface area contributed by atoms with Crippen LogP contribution < -0.4 is 5.32 Å². The molecule has 0 unspecified atom stereocenters. The molecule has 0 saturated carbocycles. The first-order valence-corrected chi connectivity index (χ1v) is 6.46. The van der Waals surface area contributed by atoms with Crippen LogP contribution in [0, 0.1) is 13.8 Å². The molecule has 2 rings (SSSR count). The Bertz CT molecular complexity index is 573. The van der Waals surface area contributed by atoms with Crippen LogP contribution in [0.1, 0.15) is 22.5 Å². The molecule has 5 nitrogen and oxygen atoms in total. The van der Waals surface area contributed by atoms with Crippen molar-refractivity contribution < 1.29 is 8.78 Å². The van der Waals surface area contributed by atoms with Crippen molar-refractivity contribution in [3.05, 3.63) is 34.9 Å². The minimum Gasteiger partial charge on any atom is -0.308 e. The van der Waals surface area contributed by atoms with Crippen molar-refractivity contribution in [2.24, 2.45) is 7.05 Å². The van der Waals surface area contributed by atoms with Gasteiger partial charge in [0, 0.05) is 43.2 Å². The van der Waals surface area contributed by atoms with Crippen LogP contribution in [-0.4, -0.2) is 26.0 Å². The van der Waals surface area contributed by atoms with E-state index in [1.54, 1.807) is 10.9 Å². The van der Waals surface area contributed by atoms with Crippen molar-refractivity contribution in [3.8, 4) is 0 Å². The van der Waals surface area contributed by atoms with Gasteiger partial charge < -0.3 is 5.32 Å². The maximum absolute atomic E-state index is 12.3. The fraction of sp³-hybridized carbons (Fsp3) is 0.538. The molecular formula is C13H19F2N5. The second kappa shape index (κ2) is 6.13. The summed E-state index contributed by atoms with van der Waals surface area (Å²) in [7, 11) is 1.88. The summed E-state index contributed by atoms with van der Waals surface area (Å²) in [5, 5.41) is 11.5. The first-order valence-electron chi connectivity index (χ1n) is 6.46. The Kier molecular flexibility index (Phi) is 4.49. The fourth-order valence-corrected chi connectivity index (χ4v) is 2.13. The molecule has 0 amide bonds. The lowest BCUT2D eigenvalue weighted by atomic mass is 10.2.